The van der Waals surface area contributed by atoms with Crippen molar-refractivity contribution in [2.45, 2.75) is 33.4 Å². The molecule has 0 aromatic heterocycles. The Morgan fingerprint density at radius 1 is 1.15 bits per heavy atom. The van der Waals surface area contributed by atoms with Gasteiger partial charge in [-0.25, -0.2) is 9.18 Å². The lowest BCUT2D eigenvalue weighted by atomic mass is 10.0. The Balaban J connectivity index is 2.08. The van der Waals surface area contributed by atoms with Crippen molar-refractivity contribution in [1.29, 1.82) is 0 Å². The van der Waals surface area contributed by atoms with Crippen molar-refractivity contribution in [3.05, 3.63) is 70.0 Å². The standard InChI is InChI=1S/C20H21ClFNO3/c1-12(2)18(23-19(24)14-8-5-4-7-13(14)3)20(25)26-11-15-16(21)9-6-10-17(15)22/h4-10,12,18H,11H2,1-3H3,(H,23,24)/t18-/m0/s1. The maximum Gasteiger partial charge on any atom is 0.329 e. The average Bonchev–Trinajstić information content (AvgIpc) is 2.59. The van der Waals surface area contributed by atoms with E-state index < -0.39 is 17.8 Å². The molecule has 2 aromatic rings. The minimum Gasteiger partial charge on any atom is -0.459 e. The molecule has 0 aliphatic rings. The summed E-state index contributed by atoms with van der Waals surface area (Å²) >= 11 is 5.94. The molecule has 2 aromatic carbocycles. The summed E-state index contributed by atoms with van der Waals surface area (Å²) in [7, 11) is 0. The summed E-state index contributed by atoms with van der Waals surface area (Å²) in [4.78, 5) is 24.9. The Morgan fingerprint density at radius 3 is 2.46 bits per heavy atom. The maximum atomic E-state index is 13.8. The van der Waals surface area contributed by atoms with Gasteiger partial charge in [-0.05, 0) is 36.6 Å². The number of benzene rings is 2. The van der Waals surface area contributed by atoms with Crippen molar-refractivity contribution in [3.63, 3.8) is 0 Å². The predicted octanol–water partition coefficient (Wildman–Crippen LogP) is 4.29. The van der Waals surface area contributed by atoms with Gasteiger partial charge in [0.2, 0.25) is 0 Å². The molecule has 0 radical (unpaired) electrons. The molecule has 26 heavy (non-hydrogen) atoms. The molecule has 0 aliphatic heterocycles. The van der Waals surface area contributed by atoms with E-state index >= 15 is 0 Å². The second-order valence-electron chi connectivity index (χ2n) is 6.32. The zero-order chi connectivity index (χ0) is 19.3. The second kappa shape index (κ2) is 8.81. The van der Waals surface area contributed by atoms with Crippen molar-refractivity contribution >= 4 is 23.5 Å². The van der Waals surface area contributed by atoms with E-state index in [9.17, 15) is 14.0 Å². The number of ether oxygens (including phenoxy) is 1. The first-order valence-electron chi connectivity index (χ1n) is 8.27. The first-order valence-corrected chi connectivity index (χ1v) is 8.65. The highest BCUT2D eigenvalue weighted by atomic mass is 35.5. The Labute approximate surface area is 157 Å². The molecule has 0 heterocycles. The number of halogens is 2. The summed E-state index contributed by atoms with van der Waals surface area (Å²) in [5.74, 6) is -1.74. The van der Waals surface area contributed by atoms with Gasteiger partial charge in [-0.3, -0.25) is 4.79 Å². The molecule has 0 fully saturated rings. The lowest BCUT2D eigenvalue weighted by Gasteiger charge is -2.21. The first kappa shape index (κ1) is 19.9. The van der Waals surface area contributed by atoms with Crippen LogP contribution in [-0.4, -0.2) is 17.9 Å². The molecule has 6 heteroatoms. The zero-order valence-electron chi connectivity index (χ0n) is 14.9. The minimum absolute atomic E-state index is 0.107. The van der Waals surface area contributed by atoms with Gasteiger partial charge in [0.05, 0.1) is 5.02 Å². The number of amides is 1. The fourth-order valence-corrected chi connectivity index (χ4v) is 2.67. The van der Waals surface area contributed by atoms with Gasteiger partial charge in [0.1, 0.15) is 18.5 Å². The molecule has 0 bridgehead atoms. The number of hydrogen-bond donors (Lipinski definition) is 1. The Kier molecular flexibility index (Phi) is 6.75. The van der Waals surface area contributed by atoms with Gasteiger partial charge in [-0.2, -0.15) is 0 Å². The van der Waals surface area contributed by atoms with Crippen LogP contribution >= 0.6 is 11.6 Å². The average molecular weight is 378 g/mol. The van der Waals surface area contributed by atoms with Gasteiger partial charge in [-0.15, -0.1) is 0 Å². The summed E-state index contributed by atoms with van der Waals surface area (Å²) in [6.45, 7) is 5.10. The van der Waals surface area contributed by atoms with Crippen molar-refractivity contribution in [2.75, 3.05) is 0 Å². The quantitative estimate of drug-likeness (QED) is 0.764. The topological polar surface area (TPSA) is 55.4 Å². The maximum absolute atomic E-state index is 13.8. The Hall–Kier alpha value is -2.40. The zero-order valence-corrected chi connectivity index (χ0v) is 15.6. The Morgan fingerprint density at radius 2 is 1.85 bits per heavy atom. The number of esters is 1. The predicted molar refractivity (Wildman–Crippen MR) is 98.5 cm³/mol. The van der Waals surface area contributed by atoms with E-state index in [2.05, 4.69) is 5.32 Å². The molecule has 1 atom stereocenters. The molecule has 0 spiro atoms. The van der Waals surface area contributed by atoms with Crippen LogP contribution in [0.25, 0.3) is 0 Å². The number of carbonyl (C=O) groups excluding carboxylic acids is 2. The molecule has 0 aliphatic carbocycles. The SMILES string of the molecule is Cc1ccccc1C(=O)N[C@H](C(=O)OCc1c(F)cccc1Cl)C(C)C. The molecule has 1 amide bonds. The van der Waals surface area contributed by atoms with E-state index in [4.69, 9.17) is 16.3 Å². The highest BCUT2D eigenvalue weighted by Crippen LogP contribution is 2.20. The largest absolute Gasteiger partial charge is 0.459 e. The molecule has 1 N–H and O–H groups in total. The minimum atomic E-state index is -0.854. The summed E-state index contributed by atoms with van der Waals surface area (Å²) in [5, 5.41) is 2.88. The normalized spacial score (nSPS) is 11.9. The van der Waals surface area contributed by atoms with Crippen LogP contribution in [0.5, 0.6) is 0 Å². The van der Waals surface area contributed by atoms with Gasteiger partial charge < -0.3 is 10.1 Å². The number of rotatable bonds is 6. The number of hydrogen-bond acceptors (Lipinski definition) is 3. The van der Waals surface area contributed by atoms with Crippen molar-refractivity contribution < 1.29 is 18.7 Å². The third-order valence-corrected chi connectivity index (χ3v) is 4.37. The summed E-state index contributed by atoms with van der Waals surface area (Å²) in [6, 6.07) is 10.5. The van der Waals surface area contributed by atoms with Crippen molar-refractivity contribution in [1.82, 2.24) is 5.32 Å². The van der Waals surface area contributed by atoms with Crippen LogP contribution in [0, 0.1) is 18.7 Å². The van der Waals surface area contributed by atoms with Gasteiger partial charge in [0.15, 0.2) is 0 Å². The van der Waals surface area contributed by atoms with Crippen LogP contribution in [-0.2, 0) is 16.1 Å². The van der Waals surface area contributed by atoms with Crippen molar-refractivity contribution in [2.24, 2.45) is 5.92 Å². The van der Waals surface area contributed by atoms with Crippen LogP contribution in [0.15, 0.2) is 42.5 Å². The van der Waals surface area contributed by atoms with Crippen molar-refractivity contribution in [3.8, 4) is 0 Å². The fraction of sp³-hybridized carbons (Fsp3) is 0.300. The van der Waals surface area contributed by atoms with Crippen LogP contribution in [0.4, 0.5) is 4.39 Å². The molecule has 138 valence electrons. The first-order chi connectivity index (χ1) is 12.3. The molecule has 0 unspecified atom stereocenters. The van der Waals surface area contributed by atoms with E-state index in [1.54, 1.807) is 26.0 Å². The van der Waals surface area contributed by atoms with Gasteiger partial charge >= 0.3 is 5.97 Å². The van der Waals surface area contributed by atoms with Gasteiger partial charge in [0, 0.05) is 11.1 Å². The molecule has 2 rings (SSSR count). The molecule has 0 saturated heterocycles. The molecular formula is C20H21ClFNO3. The molecule has 4 nitrogen and oxygen atoms in total. The highest BCUT2D eigenvalue weighted by Gasteiger charge is 2.27. The van der Waals surface area contributed by atoms with E-state index in [0.29, 0.717) is 5.56 Å². The summed E-state index contributed by atoms with van der Waals surface area (Å²) in [6.07, 6.45) is 0. The van der Waals surface area contributed by atoms with Crippen LogP contribution < -0.4 is 5.32 Å². The monoisotopic (exact) mass is 377 g/mol. The number of aryl methyl sites for hydroxylation is 1. The van der Waals surface area contributed by atoms with E-state index in [0.717, 1.165) is 5.56 Å². The highest BCUT2D eigenvalue weighted by molar-refractivity contribution is 6.31. The number of carbonyl (C=O) groups is 2. The molecular weight excluding hydrogens is 357 g/mol. The number of nitrogens with one attached hydrogen (secondary N) is 1. The second-order valence-corrected chi connectivity index (χ2v) is 6.73. The van der Waals surface area contributed by atoms with E-state index in [-0.39, 0.29) is 29.0 Å². The smallest absolute Gasteiger partial charge is 0.329 e. The fourth-order valence-electron chi connectivity index (χ4n) is 2.45. The van der Waals surface area contributed by atoms with E-state index in [1.165, 1.54) is 18.2 Å². The third-order valence-electron chi connectivity index (χ3n) is 4.02. The van der Waals surface area contributed by atoms with Gasteiger partial charge in [-0.1, -0.05) is 49.7 Å². The molecule has 0 saturated carbocycles. The van der Waals surface area contributed by atoms with Gasteiger partial charge in [0.25, 0.3) is 5.91 Å². The van der Waals surface area contributed by atoms with Crippen LogP contribution in [0.3, 0.4) is 0 Å². The lowest BCUT2D eigenvalue weighted by molar-refractivity contribution is -0.148. The Bertz CT molecular complexity index is 787. The third kappa shape index (κ3) is 4.82. The van der Waals surface area contributed by atoms with E-state index in [1.807, 2.05) is 19.1 Å². The summed E-state index contributed by atoms with van der Waals surface area (Å²) < 4.78 is 19.0. The summed E-state index contributed by atoms with van der Waals surface area (Å²) in [5.41, 5.74) is 1.40. The van der Waals surface area contributed by atoms with Crippen LogP contribution in [0.2, 0.25) is 5.02 Å². The lowest BCUT2D eigenvalue weighted by Crippen LogP contribution is -2.45. The van der Waals surface area contributed by atoms with Crippen LogP contribution in [0.1, 0.15) is 35.3 Å².